The Bertz CT molecular complexity index is 1270. The van der Waals surface area contributed by atoms with Gasteiger partial charge in [0.15, 0.2) is 6.61 Å². The second-order valence-corrected chi connectivity index (χ2v) is 11.5. The second-order valence-electron chi connectivity index (χ2n) is 9.28. The van der Waals surface area contributed by atoms with Crippen LogP contribution in [0.3, 0.4) is 0 Å². The van der Waals surface area contributed by atoms with Crippen molar-refractivity contribution < 1.29 is 14.3 Å². The van der Waals surface area contributed by atoms with Crippen molar-refractivity contribution in [1.82, 2.24) is 4.98 Å². The van der Waals surface area contributed by atoms with E-state index in [1.54, 1.807) is 31.4 Å². The van der Waals surface area contributed by atoms with E-state index in [2.05, 4.69) is 16.4 Å². The summed E-state index contributed by atoms with van der Waals surface area (Å²) < 4.78 is 11.3. The molecule has 34 heavy (non-hydrogen) atoms. The zero-order valence-electron chi connectivity index (χ0n) is 18.8. The number of fused-ring (bicyclic) bond motifs is 6. The van der Waals surface area contributed by atoms with Crippen molar-refractivity contribution in [3.05, 3.63) is 68.6 Å². The van der Waals surface area contributed by atoms with E-state index in [-0.39, 0.29) is 23.3 Å². The number of benzene rings is 2. The average Bonchev–Trinajstić information content (AvgIpc) is 3.56. The fourth-order valence-electron chi connectivity index (χ4n) is 6.08. The molecule has 2 N–H and O–H groups in total. The summed E-state index contributed by atoms with van der Waals surface area (Å²) >= 11 is 3.21. The van der Waals surface area contributed by atoms with Crippen LogP contribution in [0.15, 0.2) is 58.4 Å². The van der Waals surface area contributed by atoms with E-state index in [0.717, 1.165) is 32.9 Å². The van der Waals surface area contributed by atoms with Gasteiger partial charge in [0.25, 0.3) is 5.91 Å². The molecular weight excluding hydrogens is 468 g/mol. The molecule has 5 atom stereocenters. The Hall–Kier alpha value is -2.71. The summed E-state index contributed by atoms with van der Waals surface area (Å²) in [4.78, 5) is 29.1. The quantitative estimate of drug-likeness (QED) is 0.498. The lowest BCUT2D eigenvalue weighted by Gasteiger charge is -2.40. The number of H-pyrrole nitrogens is 1. The fraction of sp³-hybridized carbons (Fsp3) is 0.385. The van der Waals surface area contributed by atoms with Gasteiger partial charge in [-0.2, -0.15) is 0 Å². The van der Waals surface area contributed by atoms with Crippen molar-refractivity contribution in [2.75, 3.05) is 19.0 Å². The first-order valence-corrected chi connectivity index (χ1v) is 13.4. The van der Waals surface area contributed by atoms with Crippen LogP contribution in [-0.2, 0) is 4.79 Å². The van der Waals surface area contributed by atoms with Crippen LogP contribution < -0.4 is 19.7 Å². The zero-order valence-corrected chi connectivity index (χ0v) is 20.4. The van der Waals surface area contributed by atoms with Gasteiger partial charge in [0.05, 0.1) is 12.1 Å². The Morgan fingerprint density at radius 3 is 2.74 bits per heavy atom. The minimum Gasteiger partial charge on any atom is -0.497 e. The van der Waals surface area contributed by atoms with Crippen LogP contribution in [-0.4, -0.2) is 29.9 Å². The normalized spacial score (nSPS) is 26.6. The average molecular weight is 495 g/mol. The van der Waals surface area contributed by atoms with Crippen LogP contribution in [0.1, 0.15) is 35.6 Å². The number of rotatable bonds is 6. The van der Waals surface area contributed by atoms with Gasteiger partial charge in [0, 0.05) is 27.3 Å². The predicted octanol–water partition coefficient (Wildman–Crippen LogP) is 5.11. The SMILES string of the molecule is COc1ccc(NC(=O)COc2ccccc2[C@H]2c3sc(=O)[nH]c3S[C@@H]3[C@@H]4CC[C@@H](C4)[C@H]23)cc1. The third-order valence-electron chi connectivity index (χ3n) is 7.45. The summed E-state index contributed by atoms with van der Waals surface area (Å²) in [7, 11) is 1.61. The number of amides is 1. The van der Waals surface area contributed by atoms with E-state index in [1.807, 2.05) is 30.0 Å². The van der Waals surface area contributed by atoms with Crippen LogP contribution in [0.25, 0.3) is 0 Å². The number of thiazole rings is 1. The number of carbonyl (C=O) groups excluding carboxylic acids is 1. The number of carbonyl (C=O) groups is 1. The largest absolute Gasteiger partial charge is 0.497 e. The molecule has 2 fully saturated rings. The molecule has 8 heteroatoms. The molecule has 1 aromatic heterocycles. The number of methoxy groups -OCH3 is 1. The molecule has 2 heterocycles. The van der Waals surface area contributed by atoms with Crippen LogP contribution in [0, 0.1) is 17.8 Å². The maximum atomic E-state index is 12.6. The lowest BCUT2D eigenvalue weighted by Crippen LogP contribution is -2.34. The van der Waals surface area contributed by atoms with Crippen molar-refractivity contribution in [3.8, 4) is 11.5 Å². The number of para-hydroxylation sites is 1. The van der Waals surface area contributed by atoms with E-state index in [4.69, 9.17) is 9.47 Å². The minimum absolute atomic E-state index is 0.00656. The number of thioether (sulfide) groups is 1. The zero-order chi connectivity index (χ0) is 23.2. The van der Waals surface area contributed by atoms with E-state index < -0.39 is 0 Å². The second kappa shape index (κ2) is 8.82. The van der Waals surface area contributed by atoms with Gasteiger partial charge in [-0.25, -0.2) is 0 Å². The molecule has 2 aromatic carbocycles. The van der Waals surface area contributed by atoms with Crippen molar-refractivity contribution >= 4 is 34.7 Å². The lowest BCUT2D eigenvalue weighted by molar-refractivity contribution is -0.118. The van der Waals surface area contributed by atoms with Crippen molar-refractivity contribution in [1.29, 1.82) is 0 Å². The first-order valence-electron chi connectivity index (χ1n) is 11.7. The fourth-order valence-corrected chi connectivity index (χ4v) is 8.97. The minimum atomic E-state index is -0.219. The number of hydrogen-bond acceptors (Lipinski definition) is 6. The number of ether oxygens (including phenoxy) is 2. The summed E-state index contributed by atoms with van der Waals surface area (Å²) in [6.07, 6.45) is 3.84. The number of anilines is 1. The Labute approximate surface area is 206 Å². The highest BCUT2D eigenvalue weighted by Gasteiger charge is 2.55. The Balaban J connectivity index is 1.25. The lowest BCUT2D eigenvalue weighted by atomic mass is 9.74. The number of aromatic amines is 1. The highest BCUT2D eigenvalue weighted by Crippen LogP contribution is 2.64. The highest BCUT2D eigenvalue weighted by atomic mass is 32.2. The molecule has 3 aliphatic rings. The maximum Gasteiger partial charge on any atom is 0.305 e. The molecule has 0 spiro atoms. The molecule has 0 saturated heterocycles. The topological polar surface area (TPSA) is 80.4 Å². The summed E-state index contributed by atoms with van der Waals surface area (Å²) in [5.41, 5.74) is 1.78. The molecule has 2 bridgehead atoms. The van der Waals surface area contributed by atoms with E-state index in [1.165, 1.54) is 30.6 Å². The van der Waals surface area contributed by atoms with Crippen LogP contribution >= 0.6 is 23.1 Å². The third kappa shape index (κ3) is 3.82. The number of nitrogens with one attached hydrogen (secondary N) is 2. The molecule has 6 nitrogen and oxygen atoms in total. The standard InChI is InChI=1S/C26H26N2O4S2/c1-31-17-10-8-16(9-11-17)27-20(29)13-32-19-5-3-2-4-18(19)22-21-14-6-7-15(12-14)23(21)33-25-24(22)34-26(30)28-25/h2-5,8-11,14-15,21-23H,6-7,12-13H2,1H3,(H,27,29)(H,28,30)/t14-,15+,21+,22+,23+/m0/s1. The Morgan fingerprint density at radius 2 is 1.91 bits per heavy atom. The van der Waals surface area contributed by atoms with Gasteiger partial charge in [-0.3, -0.25) is 9.59 Å². The van der Waals surface area contributed by atoms with Crippen LogP contribution in [0.4, 0.5) is 5.69 Å². The van der Waals surface area contributed by atoms with Crippen molar-refractivity contribution in [2.45, 2.75) is 35.5 Å². The molecular formula is C26H26N2O4S2. The first kappa shape index (κ1) is 21.8. The Morgan fingerprint density at radius 1 is 1.12 bits per heavy atom. The molecule has 176 valence electrons. The molecule has 0 unspecified atom stereocenters. The summed E-state index contributed by atoms with van der Waals surface area (Å²) in [6.45, 7) is -0.0825. The van der Waals surface area contributed by atoms with Gasteiger partial charge in [-0.1, -0.05) is 29.5 Å². The smallest absolute Gasteiger partial charge is 0.305 e. The van der Waals surface area contributed by atoms with Crippen LogP contribution in [0.5, 0.6) is 11.5 Å². The molecule has 0 radical (unpaired) electrons. The number of hydrogen-bond donors (Lipinski definition) is 2. The first-order chi connectivity index (χ1) is 16.6. The summed E-state index contributed by atoms with van der Waals surface area (Å²) in [5.74, 6) is 3.27. The van der Waals surface area contributed by atoms with Gasteiger partial charge in [0.1, 0.15) is 11.5 Å². The molecule has 6 rings (SSSR count). The van der Waals surface area contributed by atoms with Gasteiger partial charge in [-0.05, 0) is 67.3 Å². The molecule has 2 aliphatic carbocycles. The van der Waals surface area contributed by atoms with Gasteiger partial charge in [0.2, 0.25) is 0 Å². The van der Waals surface area contributed by atoms with Crippen LogP contribution in [0.2, 0.25) is 0 Å². The van der Waals surface area contributed by atoms with E-state index >= 15 is 0 Å². The van der Waals surface area contributed by atoms with Crippen molar-refractivity contribution in [3.63, 3.8) is 0 Å². The van der Waals surface area contributed by atoms with Crippen molar-refractivity contribution in [2.24, 2.45) is 17.8 Å². The number of aromatic nitrogens is 1. The van der Waals surface area contributed by atoms with Gasteiger partial charge >= 0.3 is 4.87 Å². The summed E-state index contributed by atoms with van der Waals surface area (Å²) in [5, 5.41) is 4.44. The summed E-state index contributed by atoms with van der Waals surface area (Å²) in [6, 6.07) is 15.2. The highest BCUT2D eigenvalue weighted by molar-refractivity contribution is 8.00. The van der Waals surface area contributed by atoms with Gasteiger partial charge in [-0.15, -0.1) is 11.8 Å². The van der Waals surface area contributed by atoms with E-state index in [0.29, 0.717) is 22.8 Å². The molecule has 2 saturated carbocycles. The third-order valence-corrected chi connectivity index (χ3v) is 10.1. The monoisotopic (exact) mass is 494 g/mol. The maximum absolute atomic E-state index is 12.6. The van der Waals surface area contributed by atoms with E-state index in [9.17, 15) is 9.59 Å². The molecule has 1 aliphatic heterocycles. The van der Waals surface area contributed by atoms with Gasteiger partial charge < -0.3 is 19.8 Å². The molecule has 1 amide bonds. The molecule has 3 aromatic rings. The Kier molecular flexibility index (Phi) is 5.65. The predicted molar refractivity (Wildman–Crippen MR) is 134 cm³/mol.